The number of allylic oxidation sites excluding steroid dienone is 21. The van der Waals surface area contributed by atoms with Crippen molar-refractivity contribution in [3.05, 3.63) is 134 Å². The first-order valence-electron chi connectivity index (χ1n) is 35.9. The van der Waals surface area contributed by atoms with Crippen LogP contribution in [0.4, 0.5) is 0 Å². The van der Waals surface area contributed by atoms with Crippen molar-refractivity contribution in [2.75, 3.05) is 19.8 Å². The van der Waals surface area contributed by atoms with Gasteiger partial charge in [-0.15, -0.1) is 0 Å². The summed E-state index contributed by atoms with van der Waals surface area (Å²) in [5.41, 5.74) is 0. The predicted octanol–water partition coefficient (Wildman–Crippen LogP) is 15.1. The molecule has 2 aliphatic heterocycles. The van der Waals surface area contributed by atoms with Gasteiger partial charge in [0.1, 0.15) is 48.8 Å². The molecule has 12 atom stereocenters. The standard InChI is InChI=1S/C77H129NO13/c1-3-5-7-9-11-13-15-17-19-21-23-25-26-27-28-29-30-31-32-33-34-35-36-37-38-39-40-41-43-45-47-49-51-53-55-57-59-61-69(82)78-65(66(81)60-58-56-54-52-50-48-46-44-42-24-22-20-18-16-14-12-10-8-6-4-2)64-88-76-74(87)72(85)75(68(63-80)90-76)91-77-73(86)71(84)70(83)67(62-79)89-77/h5,7,11,13,17,19,23,25,27-28,30-31,33-34,36-37,39-40,50,52,58,60,65-68,70-77,79-81,83-87H,3-4,6,8-10,12,14-16,18,20-22,24,26,29,32,35,38,41-49,51,53-57,59,61-64H2,1-2H3,(H,78,82)/b7-5-,13-11-,19-17-,25-23-,28-27-,31-30-,34-33-,37-36-,40-39-,52-50+,60-58+. The Kier molecular flexibility index (Phi) is 54.7. The van der Waals surface area contributed by atoms with E-state index in [9.17, 15) is 45.6 Å². The van der Waals surface area contributed by atoms with Crippen LogP contribution in [0.15, 0.2) is 134 Å². The second-order valence-electron chi connectivity index (χ2n) is 24.6. The lowest BCUT2D eigenvalue weighted by molar-refractivity contribution is -0.359. The fraction of sp³-hybridized carbons (Fsp3) is 0.701. The van der Waals surface area contributed by atoms with Gasteiger partial charge in [0.2, 0.25) is 5.91 Å². The Hall–Kier alpha value is -3.87. The second kappa shape index (κ2) is 59.8. The number of aliphatic hydroxyl groups is 8. The van der Waals surface area contributed by atoms with Gasteiger partial charge in [0, 0.05) is 6.42 Å². The minimum absolute atomic E-state index is 0.258. The molecule has 2 fully saturated rings. The number of unbranched alkanes of at least 4 members (excludes halogenated alkanes) is 24. The SMILES string of the molecule is CC/C=C\C/C=C\C/C=C\C/C=C\C/C=C\C/C=C\C/C=C\C/C=C\C/C=C\CCCCCCCCCCCC(=O)NC(COC1OC(CO)C(OC2OC(CO)C(O)C(O)C2O)C(O)C1O)C(O)/C=C/CC/C=C/CCCCCCCCCCCCCCCC. The number of hydrogen-bond donors (Lipinski definition) is 9. The third-order valence-electron chi connectivity index (χ3n) is 16.6. The summed E-state index contributed by atoms with van der Waals surface area (Å²) in [5, 5.41) is 87.4. The Morgan fingerprint density at radius 2 is 0.769 bits per heavy atom. The molecular weight excluding hydrogens is 1150 g/mol. The molecule has 2 rings (SSSR count). The largest absolute Gasteiger partial charge is 0.394 e. The summed E-state index contributed by atoms with van der Waals surface area (Å²) >= 11 is 0. The van der Waals surface area contributed by atoms with Crippen molar-refractivity contribution in [3.63, 3.8) is 0 Å². The van der Waals surface area contributed by atoms with Crippen molar-refractivity contribution in [2.24, 2.45) is 0 Å². The van der Waals surface area contributed by atoms with Gasteiger partial charge in [0.15, 0.2) is 12.6 Å². The van der Waals surface area contributed by atoms with Gasteiger partial charge in [0.25, 0.3) is 0 Å². The topological polar surface area (TPSA) is 228 Å². The number of ether oxygens (including phenoxy) is 4. The highest BCUT2D eigenvalue weighted by Gasteiger charge is 2.51. The first-order chi connectivity index (χ1) is 44.6. The van der Waals surface area contributed by atoms with Crippen LogP contribution in [0.1, 0.15) is 251 Å². The quantitative estimate of drug-likeness (QED) is 0.0204. The highest BCUT2D eigenvalue weighted by atomic mass is 16.7. The fourth-order valence-electron chi connectivity index (χ4n) is 10.9. The summed E-state index contributed by atoms with van der Waals surface area (Å²) in [6.45, 7) is 2.67. The first kappa shape index (κ1) is 83.2. The molecule has 12 unspecified atom stereocenters. The maximum atomic E-state index is 13.3. The van der Waals surface area contributed by atoms with E-state index in [0.717, 1.165) is 103 Å². The summed E-state index contributed by atoms with van der Waals surface area (Å²) in [7, 11) is 0. The number of rotatable bonds is 57. The van der Waals surface area contributed by atoms with Crippen LogP contribution in [0.5, 0.6) is 0 Å². The maximum Gasteiger partial charge on any atom is 0.220 e. The van der Waals surface area contributed by atoms with Crippen LogP contribution in [0.25, 0.3) is 0 Å². The normalized spacial score (nSPS) is 23.6. The van der Waals surface area contributed by atoms with Gasteiger partial charge in [-0.05, 0) is 103 Å². The number of carbonyl (C=O) groups excluding carboxylic acids is 1. The van der Waals surface area contributed by atoms with Gasteiger partial charge in [0.05, 0.1) is 32.0 Å². The summed E-state index contributed by atoms with van der Waals surface area (Å²) < 4.78 is 22.8. The number of nitrogens with one attached hydrogen (secondary N) is 1. The molecule has 91 heavy (non-hydrogen) atoms. The number of carbonyl (C=O) groups is 1. The Balaban J connectivity index is 1.67. The molecule has 1 amide bonds. The average molecular weight is 1280 g/mol. The predicted molar refractivity (Wildman–Crippen MR) is 373 cm³/mol. The zero-order chi connectivity index (χ0) is 65.9. The van der Waals surface area contributed by atoms with Crippen LogP contribution in [-0.4, -0.2) is 140 Å². The van der Waals surface area contributed by atoms with Crippen molar-refractivity contribution in [2.45, 2.75) is 325 Å². The lowest BCUT2D eigenvalue weighted by Gasteiger charge is -2.46. The van der Waals surface area contributed by atoms with Gasteiger partial charge >= 0.3 is 0 Å². The third kappa shape index (κ3) is 43.7. The second-order valence-corrected chi connectivity index (χ2v) is 24.6. The number of hydrogen-bond acceptors (Lipinski definition) is 13. The van der Waals surface area contributed by atoms with Crippen LogP contribution in [0.2, 0.25) is 0 Å². The van der Waals surface area contributed by atoms with Crippen LogP contribution in [-0.2, 0) is 23.7 Å². The molecule has 9 N–H and O–H groups in total. The molecule has 0 aliphatic carbocycles. The molecular formula is C77H129NO13. The van der Waals surface area contributed by atoms with E-state index >= 15 is 0 Å². The van der Waals surface area contributed by atoms with Gasteiger partial charge in [-0.3, -0.25) is 4.79 Å². The smallest absolute Gasteiger partial charge is 0.220 e. The van der Waals surface area contributed by atoms with E-state index < -0.39 is 86.8 Å². The molecule has 2 aliphatic rings. The Morgan fingerprint density at radius 3 is 1.21 bits per heavy atom. The molecule has 0 aromatic rings. The van der Waals surface area contributed by atoms with Crippen LogP contribution in [0.3, 0.4) is 0 Å². The monoisotopic (exact) mass is 1280 g/mol. The molecule has 0 aromatic carbocycles. The van der Waals surface area contributed by atoms with E-state index in [-0.39, 0.29) is 18.9 Å². The molecule has 2 saturated heterocycles. The molecule has 14 nitrogen and oxygen atoms in total. The molecule has 0 spiro atoms. The first-order valence-corrected chi connectivity index (χ1v) is 35.9. The molecule has 0 saturated carbocycles. The Bertz CT molecular complexity index is 2040. The van der Waals surface area contributed by atoms with E-state index in [1.165, 1.54) is 116 Å². The van der Waals surface area contributed by atoms with Gasteiger partial charge in [-0.1, -0.05) is 276 Å². The lowest BCUT2D eigenvalue weighted by atomic mass is 9.97. The Labute approximate surface area is 551 Å². The van der Waals surface area contributed by atoms with Crippen LogP contribution in [0, 0.1) is 0 Å². The van der Waals surface area contributed by atoms with Crippen molar-refractivity contribution in [1.82, 2.24) is 5.32 Å². The van der Waals surface area contributed by atoms with Crippen LogP contribution >= 0.6 is 0 Å². The molecule has 2 heterocycles. The molecule has 0 bridgehead atoms. The van der Waals surface area contributed by atoms with Crippen molar-refractivity contribution in [3.8, 4) is 0 Å². The highest BCUT2D eigenvalue weighted by Crippen LogP contribution is 2.30. The number of amides is 1. The van der Waals surface area contributed by atoms with Crippen LogP contribution < -0.4 is 5.32 Å². The van der Waals surface area contributed by atoms with Crippen molar-refractivity contribution < 1.29 is 64.6 Å². The Morgan fingerprint density at radius 1 is 0.407 bits per heavy atom. The lowest BCUT2D eigenvalue weighted by Crippen LogP contribution is -2.65. The number of aliphatic hydroxyl groups excluding tert-OH is 8. The fourth-order valence-corrected chi connectivity index (χ4v) is 10.9. The average Bonchev–Trinajstić information content (AvgIpc) is 1.04. The molecule has 14 heteroatoms. The van der Waals surface area contributed by atoms with E-state index in [0.29, 0.717) is 12.8 Å². The summed E-state index contributed by atoms with van der Waals surface area (Å²) in [6, 6.07) is -0.945. The molecule has 0 radical (unpaired) electrons. The van der Waals surface area contributed by atoms with E-state index in [4.69, 9.17) is 18.9 Å². The zero-order valence-electron chi connectivity index (χ0n) is 56.5. The van der Waals surface area contributed by atoms with Crippen molar-refractivity contribution >= 4 is 5.91 Å². The third-order valence-corrected chi connectivity index (χ3v) is 16.6. The van der Waals surface area contributed by atoms with E-state index in [2.05, 4.69) is 141 Å². The summed E-state index contributed by atoms with van der Waals surface area (Å²) in [4.78, 5) is 13.3. The van der Waals surface area contributed by atoms with Gasteiger partial charge in [-0.25, -0.2) is 0 Å². The highest BCUT2D eigenvalue weighted by molar-refractivity contribution is 5.76. The summed E-state index contributed by atoms with van der Waals surface area (Å²) in [5.74, 6) is -0.260. The van der Waals surface area contributed by atoms with Crippen molar-refractivity contribution in [1.29, 1.82) is 0 Å². The summed E-state index contributed by atoms with van der Waals surface area (Å²) in [6.07, 6.45) is 72.1. The maximum absolute atomic E-state index is 13.3. The minimum Gasteiger partial charge on any atom is -0.394 e. The van der Waals surface area contributed by atoms with Gasteiger partial charge in [-0.2, -0.15) is 0 Å². The van der Waals surface area contributed by atoms with E-state index in [1.54, 1.807) is 6.08 Å². The minimum atomic E-state index is -1.80. The zero-order valence-corrected chi connectivity index (χ0v) is 56.5. The van der Waals surface area contributed by atoms with E-state index in [1.807, 2.05) is 6.08 Å². The van der Waals surface area contributed by atoms with Gasteiger partial charge < -0.3 is 65.1 Å². The molecule has 520 valence electrons. The molecule has 0 aromatic heterocycles.